The van der Waals surface area contributed by atoms with Crippen LogP contribution in [0.25, 0.3) is 0 Å². The Bertz CT molecular complexity index is 192. The summed E-state index contributed by atoms with van der Waals surface area (Å²) in [5, 5.41) is 0. The zero-order chi connectivity index (χ0) is 8.43. The van der Waals surface area contributed by atoms with Gasteiger partial charge in [0.05, 0.1) is 0 Å². The van der Waals surface area contributed by atoms with Crippen LogP contribution in [-0.2, 0) is 9.59 Å². The molecule has 0 aromatic rings. The average Bonchev–Trinajstić information content (AvgIpc) is 2.32. The highest BCUT2D eigenvalue weighted by atomic mass is 16.2. The van der Waals surface area contributed by atoms with E-state index in [2.05, 4.69) is 0 Å². The van der Waals surface area contributed by atoms with Crippen molar-refractivity contribution in [2.45, 2.75) is 6.42 Å². The summed E-state index contributed by atoms with van der Waals surface area (Å²) in [6.45, 7) is 0.636. The largest absolute Gasteiger partial charge is 0.345 e. The number of nitrogens with two attached hydrogens (primary N) is 1. The number of likely N-dealkylation sites (tertiary alicyclic amines) is 1. The smallest absolute Gasteiger partial charge is 0.246 e. The van der Waals surface area contributed by atoms with Crippen LogP contribution in [0, 0.1) is 5.92 Å². The molecule has 1 rings (SSSR count). The monoisotopic (exact) mass is 157 g/mol. The summed E-state index contributed by atoms with van der Waals surface area (Å²) >= 11 is 0. The number of hydrogen-bond acceptors (Lipinski definition) is 3. The second-order valence-electron chi connectivity index (χ2n) is 2.61. The van der Waals surface area contributed by atoms with Crippen LogP contribution in [0.5, 0.6) is 0 Å². The summed E-state index contributed by atoms with van der Waals surface area (Å²) in [6, 6.07) is 0. The number of nitrogens with zero attached hydrogens (tertiary/aromatic N) is 1. The second-order valence-corrected chi connectivity index (χ2v) is 2.61. The fourth-order valence-corrected chi connectivity index (χ4v) is 1.17. The van der Waals surface area contributed by atoms with E-state index in [-0.39, 0.29) is 11.8 Å². The van der Waals surface area contributed by atoms with Crippen LogP contribution >= 0.6 is 0 Å². The van der Waals surface area contributed by atoms with Crippen LogP contribution in [0.2, 0.25) is 0 Å². The van der Waals surface area contributed by atoms with Crippen molar-refractivity contribution in [2.75, 3.05) is 13.6 Å². The minimum atomic E-state index is -0.565. The normalized spacial score (nSPS) is 24.0. The summed E-state index contributed by atoms with van der Waals surface area (Å²) in [5.74, 6) is 3.79. The molecule has 0 aromatic heterocycles. The third-order valence-electron chi connectivity index (χ3n) is 1.89. The molecule has 0 aromatic carbocycles. The molecular weight excluding hydrogens is 146 g/mol. The number of carbonyl (C=O) groups is 2. The molecule has 0 radical (unpaired) electrons. The Balaban J connectivity index is 2.62. The Morgan fingerprint density at radius 3 is 2.82 bits per heavy atom. The minimum Gasteiger partial charge on any atom is -0.345 e. The SMILES string of the molecule is CN1CCC(C(=O)NN)C1=O. The molecule has 1 unspecified atom stereocenters. The summed E-state index contributed by atoms with van der Waals surface area (Å²) in [7, 11) is 1.67. The highest BCUT2D eigenvalue weighted by Gasteiger charge is 2.34. The van der Waals surface area contributed by atoms with E-state index in [1.165, 1.54) is 4.90 Å². The van der Waals surface area contributed by atoms with Gasteiger partial charge in [0.25, 0.3) is 0 Å². The molecule has 11 heavy (non-hydrogen) atoms. The molecule has 3 N–H and O–H groups in total. The first-order chi connectivity index (χ1) is 5.16. The maximum Gasteiger partial charge on any atom is 0.246 e. The molecule has 0 spiro atoms. The maximum atomic E-state index is 11.1. The van der Waals surface area contributed by atoms with E-state index in [9.17, 15) is 9.59 Å². The van der Waals surface area contributed by atoms with Crippen LogP contribution in [0.4, 0.5) is 0 Å². The minimum absolute atomic E-state index is 0.145. The molecule has 1 saturated heterocycles. The topological polar surface area (TPSA) is 75.4 Å². The number of carbonyl (C=O) groups excluding carboxylic acids is 2. The van der Waals surface area contributed by atoms with Crippen molar-refractivity contribution >= 4 is 11.8 Å². The first-order valence-electron chi connectivity index (χ1n) is 3.42. The van der Waals surface area contributed by atoms with Gasteiger partial charge < -0.3 is 4.90 Å². The zero-order valence-electron chi connectivity index (χ0n) is 6.33. The van der Waals surface area contributed by atoms with Gasteiger partial charge in [0.1, 0.15) is 5.92 Å². The third-order valence-corrected chi connectivity index (χ3v) is 1.89. The van der Waals surface area contributed by atoms with Gasteiger partial charge in [-0.3, -0.25) is 15.0 Å². The summed E-state index contributed by atoms with van der Waals surface area (Å²) < 4.78 is 0. The molecular formula is C6H11N3O2. The van der Waals surface area contributed by atoms with E-state index in [0.29, 0.717) is 13.0 Å². The van der Waals surface area contributed by atoms with Gasteiger partial charge in [0.15, 0.2) is 0 Å². The van der Waals surface area contributed by atoms with Crippen LogP contribution in [-0.4, -0.2) is 30.3 Å². The van der Waals surface area contributed by atoms with Crippen molar-refractivity contribution < 1.29 is 9.59 Å². The zero-order valence-corrected chi connectivity index (χ0v) is 6.33. The standard InChI is InChI=1S/C6H11N3O2/c1-9-3-2-4(6(9)11)5(10)8-7/h4H,2-3,7H2,1H3,(H,8,10). The van der Waals surface area contributed by atoms with E-state index in [0.717, 1.165) is 0 Å². The second kappa shape index (κ2) is 2.87. The molecule has 1 fully saturated rings. The van der Waals surface area contributed by atoms with Crippen molar-refractivity contribution in [2.24, 2.45) is 11.8 Å². The van der Waals surface area contributed by atoms with Gasteiger partial charge in [-0.05, 0) is 6.42 Å². The third kappa shape index (κ3) is 1.32. The molecule has 1 atom stereocenters. The van der Waals surface area contributed by atoms with Crippen molar-refractivity contribution in [3.63, 3.8) is 0 Å². The van der Waals surface area contributed by atoms with Gasteiger partial charge in [0, 0.05) is 13.6 Å². The highest BCUT2D eigenvalue weighted by Crippen LogP contribution is 2.15. The molecule has 2 amide bonds. The van der Waals surface area contributed by atoms with Crippen molar-refractivity contribution in [3.05, 3.63) is 0 Å². The average molecular weight is 157 g/mol. The first-order valence-corrected chi connectivity index (χ1v) is 3.42. The number of nitrogens with one attached hydrogen (secondary N) is 1. The van der Waals surface area contributed by atoms with Gasteiger partial charge >= 0.3 is 0 Å². The Labute approximate surface area is 64.5 Å². The Morgan fingerprint density at radius 1 is 1.82 bits per heavy atom. The quantitative estimate of drug-likeness (QED) is 0.209. The van der Waals surface area contributed by atoms with Gasteiger partial charge in [-0.15, -0.1) is 0 Å². The van der Waals surface area contributed by atoms with E-state index in [1.807, 2.05) is 5.43 Å². The predicted octanol–water partition coefficient (Wildman–Crippen LogP) is -1.55. The van der Waals surface area contributed by atoms with E-state index in [1.54, 1.807) is 7.05 Å². The predicted molar refractivity (Wildman–Crippen MR) is 38.1 cm³/mol. The van der Waals surface area contributed by atoms with E-state index in [4.69, 9.17) is 5.84 Å². The summed E-state index contributed by atoms with van der Waals surface area (Å²) in [4.78, 5) is 23.5. The van der Waals surface area contributed by atoms with Crippen molar-refractivity contribution in [1.29, 1.82) is 0 Å². The van der Waals surface area contributed by atoms with Gasteiger partial charge in [-0.1, -0.05) is 0 Å². The molecule has 1 heterocycles. The molecule has 5 heteroatoms. The van der Waals surface area contributed by atoms with Crippen LogP contribution in [0.3, 0.4) is 0 Å². The Morgan fingerprint density at radius 2 is 2.45 bits per heavy atom. The fourth-order valence-electron chi connectivity index (χ4n) is 1.17. The summed E-state index contributed by atoms with van der Waals surface area (Å²) in [5.41, 5.74) is 1.97. The number of hydrogen-bond donors (Lipinski definition) is 2. The lowest BCUT2D eigenvalue weighted by Gasteiger charge is -2.07. The number of rotatable bonds is 1. The molecule has 1 aliphatic heterocycles. The number of hydrazine groups is 1. The number of amides is 2. The molecule has 0 aliphatic carbocycles. The van der Waals surface area contributed by atoms with Gasteiger partial charge in [-0.25, -0.2) is 5.84 Å². The lowest BCUT2D eigenvalue weighted by atomic mass is 10.1. The lowest BCUT2D eigenvalue weighted by Crippen LogP contribution is -2.39. The van der Waals surface area contributed by atoms with Crippen LogP contribution in [0.15, 0.2) is 0 Å². The molecule has 5 nitrogen and oxygen atoms in total. The molecule has 0 saturated carbocycles. The highest BCUT2D eigenvalue weighted by molar-refractivity contribution is 6.01. The lowest BCUT2D eigenvalue weighted by molar-refractivity contribution is -0.137. The van der Waals surface area contributed by atoms with Crippen molar-refractivity contribution in [3.8, 4) is 0 Å². The molecule has 0 bridgehead atoms. The summed E-state index contributed by atoms with van der Waals surface area (Å²) in [6.07, 6.45) is 0.568. The Hall–Kier alpha value is -1.10. The van der Waals surface area contributed by atoms with Gasteiger partial charge in [0.2, 0.25) is 11.8 Å². The van der Waals surface area contributed by atoms with Gasteiger partial charge in [-0.2, -0.15) is 0 Å². The molecule has 1 aliphatic rings. The Kier molecular flexibility index (Phi) is 2.09. The van der Waals surface area contributed by atoms with E-state index < -0.39 is 5.92 Å². The maximum absolute atomic E-state index is 11.1. The first kappa shape index (κ1) is 8.00. The van der Waals surface area contributed by atoms with E-state index >= 15 is 0 Å². The van der Waals surface area contributed by atoms with Crippen LogP contribution < -0.4 is 11.3 Å². The van der Waals surface area contributed by atoms with Crippen molar-refractivity contribution in [1.82, 2.24) is 10.3 Å². The van der Waals surface area contributed by atoms with Crippen LogP contribution in [0.1, 0.15) is 6.42 Å². The molecule has 62 valence electrons. The fraction of sp³-hybridized carbons (Fsp3) is 0.667.